The van der Waals surface area contributed by atoms with Gasteiger partial charge in [-0.05, 0) is 24.1 Å². The molecule has 0 bridgehead atoms. The van der Waals surface area contributed by atoms with Crippen LogP contribution < -0.4 is 10.6 Å². The predicted octanol–water partition coefficient (Wildman–Crippen LogP) is 3.56. The average Bonchev–Trinajstić information content (AvgIpc) is 2.37. The zero-order valence-electron chi connectivity index (χ0n) is 11.2. The van der Waals surface area contributed by atoms with Gasteiger partial charge in [-0.3, -0.25) is 4.99 Å². The van der Waals surface area contributed by atoms with Crippen LogP contribution >= 0.6 is 35.6 Å². The summed E-state index contributed by atoms with van der Waals surface area (Å²) in [7, 11) is 1.72. The molecule has 0 aliphatic rings. The Morgan fingerprint density at radius 2 is 2.11 bits per heavy atom. The Balaban J connectivity index is 0.00000324. The molecule has 1 aromatic carbocycles. The Kier molecular flexibility index (Phi) is 9.95. The monoisotopic (exact) mass is 399 g/mol. The maximum atomic E-state index is 13.0. The van der Waals surface area contributed by atoms with Crippen LogP contribution in [0.2, 0.25) is 5.02 Å². The molecule has 0 aliphatic carbocycles. The van der Waals surface area contributed by atoms with Crippen molar-refractivity contribution < 1.29 is 4.39 Å². The van der Waals surface area contributed by atoms with E-state index < -0.39 is 5.82 Å². The van der Waals surface area contributed by atoms with E-state index in [0.717, 1.165) is 30.9 Å². The molecule has 0 saturated heterocycles. The maximum Gasteiger partial charge on any atom is 0.191 e. The van der Waals surface area contributed by atoms with Gasteiger partial charge in [0.1, 0.15) is 5.82 Å². The molecule has 1 aromatic rings. The summed E-state index contributed by atoms with van der Waals surface area (Å²) >= 11 is 5.72. The van der Waals surface area contributed by atoms with Crippen LogP contribution in [0.15, 0.2) is 23.2 Å². The lowest BCUT2D eigenvalue weighted by molar-refractivity contribution is 0.627. The van der Waals surface area contributed by atoms with Crippen molar-refractivity contribution in [2.75, 3.05) is 13.6 Å². The van der Waals surface area contributed by atoms with E-state index >= 15 is 0 Å². The molecule has 0 saturated carbocycles. The Bertz CT molecular complexity index is 413. The summed E-state index contributed by atoms with van der Waals surface area (Å²) in [6.07, 6.45) is 2.24. The van der Waals surface area contributed by atoms with Gasteiger partial charge in [-0.1, -0.05) is 31.0 Å². The van der Waals surface area contributed by atoms with Gasteiger partial charge in [0, 0.05) is 20.1 Å². The molecule has 0 aromatic heterocycles. The third-order valence-electron chi connectivity index (χ3n) is 2.49. The van der Waals surface area contributed by atoms with Crippen LogP contribution in [0.1, 0.15) is 25.3 Å². The second-order valence-corrected chi connectivity index (χ2v) is 4.36. The van der Waals surface area contributed by atoms with Crippen molar-refractivity contribution in [3.8, 4) is 0 Å². The third-order valence-corrected chi connectivity index (χ3v) is 2.78. The molecular weight excluding hydrogens is 380 g/mol. The van der Waals surface area contributed by atoms with Crippen molar-refractivity contribution in [3.05, 3.63) is 34.6 Å². The molecule has 0 aliphatic heterocycles. The first-order valence-electron chi connectivity index (χ1n) is 6.05. The molecule has 0 atom stereocenters. The molecule has 1 rings (SSSR count). The summed E-state index contributed by atoms with van der Waals surface area (Å²) < 4.78 is 13.0. The van der Waals surface area contributed by atoms with E-state index in [1.165, 1.54) is 6.07 Å². The van der Waals surface area contributed by atoms with Gasteiger partial charge in [0.15, 0.2) is 5.96 Å². The van der Waals surface area contributed by atoms with Gasteiger partial charge in [-0.15, -0.1) is 24.0 Å². The number of unbranched alkanes of at least 4 members (excludes halogenated alkanes) is 1. The van der Waals surface area contributed by atoms with Crippen molar-refractivity contribution in [3.63, 3.8) is 0 Å². The number of hydrogen-bond donors (Lipinski definition) is 2. The Hall–Kier alpha value is -0.560. The van der Waals surface area contributed by atoms with Gasteiger partial charge in [0.25, 0.3) is 0 Å². The molecule has 0 radical (unpaired) electrons. The average molecular weight is 400 g/mol. The lowest BCUT2D eigenvalue weighted by atomic mass is 10.2. The van der Waals surface area contributed by atoms with Gasteiger partial charge in [-0.2, -0.15) is 0 Å². The van der Waals surface area contributed by atoms with Crippen LogP contribution in [-0.2, 0) is 6.54 Å². The van der Waals surface area contributed by atoms with Crippen molar-refractivity contribution in [1.82, 2.24) is 10.6 Å². The molecule has 108 valence electrons. The Labute approximate surface area is 136 Å². The largest absolute Gasteiger partial charge is 0.356 e. The lowest BCUT2D eigenvalue weighted by Gasteiger charge is -2.11. The molecule has 0 unspecified atom stereocenters. The third kappa shape index (κ3) is 6.96. The smallest absolute Gasteiger partial charge is 0.191 e. The van der Waals surface area contributed by atoms with Crippen molar-refractivity contribution in [2.24, 2.45) is 4.99 Å². The van der Waals surface area contributed by atoms with Crippen LogP contribution in [-0.4, -0.2) is 19.6 Å². The first-order chi connectivity index (χ1) is 8.67. The second kappa shape index (κ2) is 10.3. The number of nitrogens with zero attached hydrogens (tertiary/aromatic N) is 1. The Morgan fingerprint density at radius 3 is 2.68 bits per heavy atom. The minimum absolute atomic E-state index is 0. The molecule has 0 amide bonds. The summed E-state index contributed by atoms with van der Waals surface area (Å²) in [5.74, 6) is 0.342. The van der Waals surface area contributed by atoms with Crippen molar-refractivity contribution in [2.45, 2.75) is 26.3 Å². The fraction of sp³-hybridized carbons (Fsp3) is 0.462. The maximum absolute atomic E-state index is 13.0. The fourth-order valence-corrected chi connectivity index (χ4v) is 1.64. The molecular formula is C13H20ClFIN3. The van der Waals surface area contributed by atoms with E-state index in [4.69, 9.17) is 11.6 Å². The molecule has 3 nitrogen and oxygen atoms in total. The lowest BCUT2D eigenvalue weighted by Crippen LogP contribution is -2.37. The zero-order valence-corrected chi connectivity index (χ0v) is 14.3. The predicted molar refractivity (Wildman–Crippen MR) is 89.9 cm³/mol. The first kappa shape index (κ1) is 18.4. The van der Waals surface area contributed by atoms with E-state index in [9.17, 15) is 4.39 Å². The number of hydrogen-bond acceptors (Lipinski definition) is 1. The highest BCUT2D eigenvalue weighted by Crippen LogP contribution is 2.15. The van der Waals surface area contributed by atoms with E-state index in [1.807, 2.05) is 0 Å². The van der Waals surface area contributed by atoms with Crippen molar-refractivity contribution in [1.29, 1.82) is 0 Å². The summed E-state index contributed by atoms with van der Waals surface area (Å²) in [6, 6.07) is 4.68. The number of nitrogens with one attached hydrogen (secondary N) is 2. The van der Waals surface area contributed by atoms with Gasteiger partial charge < -0.3 is 10.6 Å². The van der Waals surface area contributed by atoms with Gasteiger partial charge >= 0.3 is 0 Å². The molecule has 0 heterocycles. The van der Waals surface area contributed by atoms with Gasteiger partial charge in [0.2, 0.25) is 0 Å². The van der Waals surface area contributed by atoms with E-state index in [1.54, 1.807) is 19.2 Å². The van der Waals surface area contributed by atoms with E-state index in [0.29, 0.717) is 6.54 Å². The quantitative estimate of drug-likeness (QED) is 0.344. The topological polar surface area (TPSA) is 36.4 Å². The minimum Gasteiger partial charge on any atom is -0.356 e. The second-order valence-electron chi connectivity index (χ2n) is 3.95. The summed E-state index contributed by atoms with van der Waals surface area (Å²) in [5, 5.41) is 6.49. The van der Waals surface area contributed by atoms with Crippen molar-refractivity contribution >= 4 is 41.5 Å². The number of rotatable bonds is 5. The highest BCUT2D eigenvalue weighted by atomic mass is 127. The van der Waals surface area contributed by atoms with Gasteiger partial charge in [-0.25, -0.2) is 4.39 Å². The first-order valence-corrected chi connectivity index (χ1v) is 6.43. The van der Waals surface area contributed by atoms with Crippen LogP contribution in [0.3, 0.4) is 0 Å². The normalized spacial score (nSPS) is 10.8. The summed E-state index contributed by atoms with van der Waals surface area (Å²) in [4.78, 5) is 4.10. The highest BCUT2D eigenvalue weighted by molar-refractivity contribution is 14.0. The number of aliphatic imine (C=N–C) groups is 1. The minimum atomic E-state index is -0.397. The fourth-order valence-electron chi connectivity index (χ4n) is 1.44. The van der Waals surface area contributed by atoms with Gasteiger partial charge in [0.05, 0.1) is 5.02 Å². The van der Waals surface area contributed by atoms with E-state index in [2.05, 4.69) is 22.5 Å². The zero-order chi connectivity index (χ0) is 13.4. The molecule has 0 spiro atoms. The number of benzene rings is 1. The summed E-state index contributed by atoms with van der Waals surface area (Å²) in [6.45, 7) is 3.59. The number of guanidine groups is 1. The Morgan fingerprint density at radius 1 is 1.37 bits per heavy atom. The van der Waals surface area contributed by atoms with E-state index in [-0.39, 0.29) is 29.0 Å². The molecule has 6 heteroatoms. The standard InChI is InChI=1S/C13H19ClFN3.HI/c1-3-4-7-17-13(16-2)18-9-10-5-6-12(15)11(14)8-10;/h5-6,8H,3-4,7,9H2,1-2H3,(H2,16,17,18);1H. The molecule has 2 N–H and O–H groups in total. The molecule has 19 heavy (non-hydrogen) atoms. The highest BCUT2D eigenvalue weighted by Gasteiger charge is 2.02. The SMILES string of the molecule is CCCCNC(=NC)NCc1ccc(F)c(Cl)c1.I. The summed E-state index contributed by atoms with van der Waals surface area (Å²) in [5.41, 5.74) is 0.917. The van der Waals surface area contributed by atoms with Crippen LogP contribution in [0, 0.1) is 5.82 Å². The van der Waals surface area contributed by atoms with Crippen LogP contribution in [0.25, 0.3) is 0 Å². The van der Waals surface area contributed by atoms with Crippen LogP contribution in [0.4, 0.5) is 4.39 Å². The number of halogens is 3. The van der Waals surface area contributed by atoms with Crippen LogP contribution in [0.5, 0.6) is 0 Å². The molecule has 0 fully saturated rings.